The van der Waals surface area contributed by atoms with Crippen molar-refractivity contribution in [1.29, 1.82) is 0 Å². The number of aromatic nitrogens is 1. The molecular formula is C16H13ClFNO3. The minimum Gasteiger partial charge on any atom is -0.487 e. The van der Waals surface area contributed by atoms with Crippen LogP contribution in [0, 0.1) is 5.82 Å². The summed E-state index contributed by atoms with van der Waals surface area (Å²) < 4.78 is 21.6. The van der Waals surface area contributed by atoms with Crippen molar-refractivity contribution in [2.75, 3.05) is 0 Å². The Morgan fingerprint density at radius 2 is 2.00 bits per heavy atom. The van der Waals surface area contributed by atoms with Crippen LogP contribution in [0.1, 0.15) is 42.1 Å². The van der Waals surface area contributed by atoms with Gasteiger partial charge in [0.2, 0.25) is 5.43 Å². The molecule has 4 nitrogen and oxygen atoms in total. The highest BCUT2D eigenvalue weighted by Crippen LogP contribution is 2.38. The largest absolute Gasteiger partial charge is 0.487 e. The summed E-state index contributed by atoms with van der Waals surface area (Å²) in [5.41, 5.74) is -0.0636. The predicted octanol–water partition coefficient (Wildman–Crippen LogP) is 3.40. The standard InChI is InChI=1S/C16H13ClFNO3/c17-16(21)11-7-19(8-1-2-8)13-6-14(22-9-3-4-9)12(18)5-10(13)15(11)20/h5-9H,1-4H2. The van der Waals surface area contributed by atoms with E-state index in [1.165, 1.54) is 6.20 Å². The average Bonchev–Trinajstić information content (AvgIpc) is 3.34. The number of nitrogens with zero attached hydrogens (tertiary/aromatic N) is 1. The molecule has 0 bridgehead atoms. The Labute approximate surface area is 130 Å². The Morgan fingerprint density at radius 3 is 2.59 bits per heavy atom. The maximum Gasteiger partial charge on any atom is 0.257 e. The molecule has 2 saturated carbocycles. The van der Waals surface area contributed by atoms with Gasteiger partial charge in [0, 0.05) is 23.7 Å². The van der Waals surface area contributed by atoms with Crippen LogP contribution in [-0.4, -0.2) is 15.9 Å². The second-order valence-corrected chi connectivity index (χ2v) is 6.24. The number of ether oxygens (including phenoxy) is 1. The van der Waals surface area contributed by atoms with Crippen LogP contribution < -0.4 is 10.2 Å². The molecule has 22 heavy (non-hydrogen) atoms. The van der Waals surface area contributed by atoms with Crippen molar-refractivity contribution in [2.24, 2.45) is 0 Å². The van der Waals surface area contributed by atoms with Gasteiger partial charge >= 0.3 is 0 Å². The lowest BCUT2D eigenvalue weighted by Crippen LogP contribution is -2.17. The van der Waals surface area contributed by atoms with Gasteiger partial charge in [-0.3, -0.25) is 9.59 Å². The van der Waals surface area contributed by atoms with E-state index >= 15 is 0 Å². The summed E-state index contributed by atoms with van der Waals surface area (Å²) in [7, 11) is 0. The quantitative estimate of drug-likeness (QED) is 0.811. The van der Waals surface area contributed by atoms with Crippen molar-refractivity contribution in [3.05, 3.63) is 39.9 Å². The third-order valence-electron chi connectivity index (χ3n) is 4.06. The summed E-state index contributed by atoms with van der Waals surface area (Å²) in [4.78, 5) is 23.8. The van der Waals surface area contributed by atoms with Crippen LogP contribution >= 0.6 is 11.6 Å². The number of hydrogen-bond donors (Lipinski definition) is 0. The van der Waals surface area contributed by atoms with Crippen molar-refractivity contribution in [3.63, 3.8) is 0 Å². The van der Waals surface area contributed by atoms with E-state index in [-0.39, 0.29) is 28.8 Å². The molecule has 1 aromatic carbocycles. The molecule has 2 aromatic rings. The average molecular weight is 322 g/mol. The first-order chi connectivity index (χ1) is 10.5. The SMILES string of the molecule is O=C(Cl)c1cn(C2CC2)c2cc(OC3CC3)c(F)cc2c1=O. The highest BCUT2D eigenvalue weighted by Gasteiger charge is 2.29. The van der Waals surface area contributed by atoms with Gasteiger partial charge in [0.1, 0.15) is 0 Å². The van der Waals surface area contributed by atoms with Crippen LogP contribution in [0.2, 0.25) is 0 Å². The number of halogens is 2. The third kappa shape index (κ3) is 2.29. The monoisotopic (exact) mass is 321 g/mol. The first kappa shape index (κ1) is 13.8. The van der Waals surface area contributed by atoms with E-state index in [0.717, 1.165) is 31.7 Å². The van der Waals surface area contributed by atoms with E-state index in [1.807, 2.05) is 4.57 Å². The van der Waals surface area contributed by atoms with E-state index < -0.39 is 16.5 Å². The van der Waals surface area contributed by atoms with E-state index in [4.69, 9.17) is 16.3 Å². The van der Waals surface area contributed by atoms with Crippen LogP contribution in [0.15, 0.2) is 23.1 Å². The van der Waals surface area contributed by atoms with Crippen molar-refractivity contribution >= 4 is 27.7 Å². The maximum atomic E-state index is 14.2. The molecule has 1 aromatic heterocycles. The number of carbonyl (C=O) groups excluding carboxylic acids is 1. The summed E-state index contributed by atoms with van der Waals surface area (Å²) in [6, 6.07) is 2.93. The lowest BCUT2D eigenvalue weighted by molar-refractivity contribution is 0.108. The molecule has 2 aliphatic rings. The molecule has 1 heterocycles. The van der Waals surface area contributed by atoms with Crippen molar-refractivity contribution in [1.82, 2.24) is 4.57 Å². The van der Waals surface area contributed by atoms with Crippen LogP contribution in [-0.2, 0) is 0 Å². The number of benzene rings is 1. The van der Waals surface area contributed by atoms with Gasteiger partial charge in [-0.1, -0.05) is 0 Å². The Hall–Kier alpha value is -1.88. The molecule has 0 unspecified atom stereocenters. The van der Waals surface area contributed by atoms with Gasteiger partial charge < -0.3 is 9.30 Å². The first-order valence-electron chi connectivity index (χ1n) is 7.29. The maximum absolute atomic E-state index is 14.2. The normalized spacial score (nSPS) is 17.7. The summed E-state index contributed by atoms with van der Waals surface area (Å²) in [6.45, 7) is 0. The Bertz CT molecular complexity index is 853. The number of carbonyl (C=O) groups is 1. The zero-order valence-electron chi connectivity index (χ0n) is 11.6. The van der Waals surface area contributed by atoms with Gasteiger partial charge in [0.05, 0.1) is 17.2 Å². The van der Waals surface area contributed by atoms with Gasteiger partial charge in [-0.2, -0.15) is 0 Å². The Kier molecular flexibility index (Phi) is 3.01. The van der Waals surface area contributed by atoms with Crippen LogP contribution in [0.25, 0.3) is 10.9 Å². The number of rotatable bonds is 4. The van der Waals surface area contributed by atoms with Crippen LogP contribution in [0.5, 0.6) is 5.75 Å². The lowest BCUT2D eigenvalue weighted by atomic mass is 10.1. The highest BCUT2D eigenvalue weighted by molar-refractivity contribution is 6.67. The van der Waals surface area contributed by atoms with E-state index in [2.05, 4.69) is 0 Å². The molecule has 0 N–H and O–H groups in total. The summed E-state index contributed by atoms with van der Waals surface area (Å²) >= 11 is 5.48. The van der Waals surface area contributed by atoms with E-state index in [1.54, 1.807) is 6.07 Å². The molecule has 2 fully saturated rings. The third-order valence-corrected chi connectivity index (χ3v) is 4.26. The number of pyridine rings is 1. The zero-order chi connectivity index (χ0) is 15.4. The molecule has 0 radical (unpaired) electrons. The first-order valence-corrected chi connectivity index (χ1v) is 7.67. The molecular weight excluding hydrogens is 309 g/mol. The smallest absolute Gasteiger partial charge is 0.257 e. The van der Waals surface area contributed by atoms with Gasteiger partial charge in [-0.05, 0) is 43.4 Å². The van der Waals surface area contributed by atoms with Gasteiger partial charge in [-0.15, -0.1) is 0 Å². The summed E-state index contributed by atoms with van der Waals surface area (Å²) in [5, 5.41) is -0.654. The van der Waals surface area contributed by atoms with Gasteiger partial charge in [0.15, 0.2) is 11.6 Å². The molecule has 4 rings (SSSR count). The molecule has 0 aliphatic heterocycles. The van der Waals surface area contributed by atoms with Gasteiger partial charge in [-0.25, -0.2) is 4.39 Å². The molecule has 2 aliphatic carbocycles. The number of hydrogen-bond acceptors (Lipinski definition) is 3. The molecule has 0 atom stereocenters. The zero-order valence-corrected chi connectivity index (χ0v) is 12.4. The minimum atomic E-state index is -0.819. The fourth-order valence-electron chi connectivity index (χ4n) is 2.60. The Balaban J connectivity index is 1.98. The van der Waals surface area contributed by atoms with Gasteiger partial charge in [0.25, 0.3) is 5.24 Å². The van der Waals surface area contributed by atoms with Crippen molar-refractivity contribution in [2.45, 2.75) is 37.8 Å². The molecule has 0 spiro atoms. The molecule has 114 valence electrons. The predicted molar refractivity (Wildman–Crippen MR) is 80.3 cm³/mol. The van der Waals surface area contributed by atoms with E-state index in [0.29, 0.717) is 5.52 Å². The molecule has 0 saturated heterocycles. The topological polar surface area (TPSA) is 48.3 Å². The Morgan fingerprint density at radius 1 is 1.27 bits per heavy atom. The van der Waals surface area contributed by atoms with E-state index in [9.17, 15) is 14.0 Å². The highest BCUT2D eigenvalue weighted by atomic mass is 35.5. The second kappa shape index (κ2) is 4.81. The van der Waals surface area contributed by atoms with Crippen molar-refractivity contribution < 1.29 is 13.9 Å². The molecule has 0 amide bonds. The van der Waals surface area contributed by atoms with Crippen LogP contribution in [0.3, 0.4) is 0 Å². The minimum absolute atomic E-state index is 0.0664. The van der Waals surface area contributed by atoms with Crippen molar-refractivity contribution in [3.8, 4) is 5.75 Å². The molecule has 6 heteroatoms. The lowest BCUT2D eigenvalue weighted by Gasteiger charge is -2.14. The summed E-state index contributed by atoms with van der Waals surface area (Å²) in [6.07, 6.45) is 5.32. The fraction of sp³-hybridized carbons (Fsp3) is 0.375. The fourth-order valence-corrected chi connectivity index (χ4v) is 2.74. The summed E-state index contributed by atoms with van der Waals surface area (Å²) in [5.74, 6) is -0.424. The second-order valence-electron chi connectivity index (χ2n) is 5.90. The van der Waals surface area contributed by atoms with Crippen LogP contribution in [0.4, 0.5) is 4.39 Å². The number of fused-ring (bicyclic) bond motifs is 1.